The van der Waals surface area contributed by atoms with Crippen LogP contribution >= 0.6 is 0 Å². The Morgan fingerprint density at radius 1 is 1.19 bits per heavy atom. The molecule has 1 aromatic heterocycles. The number of carbonyl (C=O) groups is 1. The van der Waals surface area contributed by atoms with Crippen molar-refractivity contribution in [1.29, 1.82) is 0 Å². The van der Waals surface area contributed by atoms with Crippen molar-refractivity contribution in [2.75, 3.05) is 7.05 Å². The summed E-state index contributed by atoms with van der Waals surface area (Å²) in [6.45, 7) is 4.34. The second kappa shape index (κ2) is 7.85. The minimum absolute atomic E-state index is 0.115. The maximum Gasteiger partial charge on any atom is 0.446 e. The Hall–Kier alpha value is -3.70. The van der Waals surface area contributed by atoms with Crippen LogP contribution in [0.15, 0.2) is 66.1 Å². The molecule has 31 heavy (non-hydrogen) atoms. The summed E-state index contributed by atoms with van der Waals surface area (Å²) >= 11 is 0. The number of nitrogens with zero attached hydrogens (tertiary/aromatic N) is 4. The Kier molecular flexibility index (Phi) is 5.21. The molecule has 0 spiro atoms. The van der Waals surface area contributed by atoms with Gasteiger partial charge in [-0.05, 0) is 48.0 Å². The highest BCUT2D eigenvalue weighted by Gasteiger charge is 2.31. The standard InChI is InChI=1S/C20H18N4O6S/c1-13-3-8-19(22-23(13)2)24-11-14-9-16(6-7-18(14)20(24)25)29-12-15-4-5-17(10-21-15)30-31(26,27)28/h3-10H,1,11-12H2,2H3,(H,26,27,28). The zero-order valence-corrected chi connectivity index (χ0v) is 17.2. The topological polar surface area (TPSA) is 122 Å². The van der Waals surface area contributed by atoms with E-state index < -0.39 is 10.4 Å². The van der Waals surface area contributed by atoms with Gasteiger partial charge < -0.3 is 8.92 Å². The fourth-order valence-corrected chi connectivity index (χ4v) is 3.41. The fourth-order valence-electron chi connectivity index (χ4n) is 3.07. The van der Waals surface area contributed by atoms with Gasteiger partial charge in [0.25, 0.3) is 5.91 Å². The monoisotopic (exact) mass is 442 g/mol. The van der Waals surface area contributed by atoms with Gasteiger partial charge in [-0.2, -0.15) is 13.5 Å². The van der Waals surface area contributed by atoms with Gasteiger partial charge in [-0.3, -0.25) is 24.2 Å². The van der Waals surface area contributed by atoms with E-state index in [2.05, 4.69) is 20.8 Å². The minimum Gasteiger partial charge on any atom is -0.487 e. The highest BCUT2D eigenvalue weighted by molar-refractivity contribution is 7.81. The van der Waals surface area contributed by atoms with Gasteiger partial charge in [0.05, 0.1) is 24.1 Å². The molecule has 3 heterocycles. The molecule has 0 saturated heterocycles. The third kappa shape index (κ3) is 4.57. The zero-order chi connectivity index (χ0) is 22.2. The molecule has 1 N–H and O–H groups in total. The zero-order valence-electron chi connectivity index (χ0n) is 16.4. The van der Waals surface area contributed by atoms with E-state index in [0.29, 0.717) is 29.4 Å². The number of carbonyl (C=O) groups excluding carboxylic acids is 1. The number of ether oxygens (including phenoxy) is 1. The number of rotatable bonds is 5. The van der Waals surface area contributed by atoms with Gasteiger partial charge in [-0.1, -0.05) is 6.58 Å². The maximum absolute atomic E-state index is 12.8. The van der Waals surface area contributed by atoms with Crippen molar-refractivity contribution < 1.29 is 26.7 Å². The minimum atomic E-state index is -4.60. The lowest BCUT2D eigenvalue weighted by Gasteiger charge is -2.23. The molecule has 0 bridgehead atoms. The molecule has 2 aliphatic rings. The molecule has 4 rings (SSSR count). The summed E-state index contributed by atoms with van der Waals surface area (Å²) in [6.07, 6.45) is 4.72. The van der Waals surface area contributed by atoms with Crippen molar-refractivity contribution in [3.05, 3.63) is 77.8 Å². The first-order chi connectivity index (χ1) is 14.7. The lowest BCUT2D eigenvalue weighted by molar-refractivity contribution is 0.0864. The second-order valence-corrected chi connectivity index (χ2v) is 7.82. The van der Waals surface area contributed by atoms with Gasteiger partial charge >= 0.3 is 10.4 Å². The van der Waals surface area contributed by atoms with Gasteiger partial charge in [-0.15, -0.1) is 0 Å². The summed E-state index contributed by atoms with van der Waals surface area (Å²) in [5.74, 6) is 0.841. The third-order valence-electron chi connectivity index (χ3n) is 4.64. The molecule has 0 radical (unpaired) electrons. The van der Waals surface area contributed by atoms with Gasteiger partial charge in [0.15, 0.2) is 11.6 Å². The van der Waals surface area contributed by atoms with Gasteiger partial charge in [-0.25, -0.2) is 0 Å². The number of amidine groups is 1. The highest BCUT2D eigenvalue weighted by atomic mass is 32.3. The SMILES string of the molecule is C=C1C=CC(N2Cc3cc(OCc4ccc(OS(=O)(=O)O)cn4)ccc3C2=O)=NN1C. The number of aromatic nitrogens is 1. The lowest BCUT2D eigenvalue weighted by atomic mass is 10.1. The van der Waals surface area contributed by atoms with E-state index in [-0.39, 0.29) is 18.3 Å². The maximum atomic E-state index is 12.8. The number of amides is 1. The number of pyridine rings is 1. The molecule has 2 aliphatic heterocycles. The molecule has 10 nitrogen and oxygen atoms in total. The molecular formula is C20H18N4O6S. The highest BCUT2D eigenvalue weighted by Crippen LogP contribution is 2.28. The Balaban J connectivity index is 1.42. The number of likely N-dealkylation sites (N-methyl/N-ethyl adjacent to an activating group) is 1. The quantitative estimate of drug-likeness (QED) is 0.699. The molecule has 0 aliphatic carbocycles. The number of allylic oxidation sites excluding steroid dienone is 1. The van der Waals surface area contributed by atoms with Crippen molar-refractivity contribution in [1.82, 2.24) is 14.9 Å². The first kappa shape index (κ1) is 20.6. The Morgan fingerprint density at radius 2 is 1.97 bits per heavy atom. The average molecular weight is 442 g/mol. The smallest absolute Gasteiger partial charge is 0.446 e. The predicted octanol–water partition coefficient (Wildman–Crippen LogP) is 2.13. The van der Waals surface area contributed by atoms with Crippen molar-refractivity contribution >= 4 is 22.1 Å². The molecular weight excluding hydrogens is 424 g/mol. The van der Waals surface area contributed by atoms with Crippen LogP contribution in [0.5, 0.6) is 11.5 Å². The predicted molar refractivity (Wildman–Crippen MR) is 111 cm³/mol. The summed E-state index contributed by atoms with van der Waals surface area (Å²) in [4.78, 5) is 18.4. The van der Waals surface area contributed by atoms with E-state index in [1.807, 2.05) is 0 Å². The fraction of sp³-hybridized carbons (Fsp3) is 0.150. The van der Waals surface area contributed by atoms with E-state index >= 15 is 0 Å². The number of hydrogen-bond acceptors (Lipinski definition) is 8. The van der Waals surface area contributed by atoms with Crippen LogP contribution in [-0.4, -0.2) is 46.7 Å². The molecule has 0 atom stereocenters. The van der Waals surface area contributed by atoms with Crippen LogP contribution in [0.2, 0.25) is 0 Å². The van der Waals surface area contributed by atoms with Crippen LogP contribution < -0.4 is 8.92 Å². The molecule has 2 aromatic rings. The Labute approximate surface area is 178 Å². The van der Waals surface area contributed by atoms with E-state index in [1.165, 1.54) is 12.1 Å². The molecule has 0 fully saturated rings. The van der Waals surface area contributed by atoms with E-state index in [1.54, 1.807) is 47.3 Å². The number of hydrazone groups is 1. The first-order valence-corrected chi connectivity index (χ1v) is 10.4. The Bertz CT molecular complexity index is 1220. The van der Waals surface area contributed by atoms with Crippen molar-refractivity contribution in [3.63, 3.8) is 0 Å². The number of benzene rings is 1. The van der Waals surface area contributed by atoms with Crippen LogP contribution in [0.4, 0.5) is 0 Å². The van der Waals surface area contributed by atoms with Gasteiger partial charge in [0.2, 0.25) is 0 Å². The van der Waals surface area contributed by atoms with Crippen molar-refractivity contribution in [2.45, 2.75) is 13.2 Å². The number of hydrogen-bond donors (Lipinski definition) is 1. The van der Waals surface area contributed by atoms with Crippen molar-refractivity contribution in [3.8, 4) is 11.5 Å². The molecule has 1 amide bonds. The van der Waals surface area contributed by atoms with Crippen LogP contribution in [0.3, 0.4) is 0 Å². The van der Waals surface area contributed by atoms with Crippen LogP contribution in [0, 0.1) is 0 Å². The molecule has 11 heteroatoms. The summed E-state index contributed by atoms with van der Waals surface area (Å²) in [5.41, 5.74) is 2.65. The van der Waals surface area contributed by atoms with Gasteiger partial charge in [0.1, 0.15) is 12.4 Å². The second-order valence-electron chi connectivity index (χ2n) is 6.80. The Morgan fingerprint density at radius 3 is 2.65 bits per heavy atom. The summed E-state index contributed by atoms with van der Waals surface area (Å²) in [6, 6.07) is 8.06. The van der Waals surface area contributed by atoms with E-state index in [9.17, 15) is 13.2 Å². The first-order valence-electron chi connectivity index (χ1n) is 9.08. The summed E-state index contributed by atoms with van der Waals surface area (Å²) in [7, 11) is -2.83. The van der Waals surface area contributed by atoms with Crippen LogP contribution in [0.25, 0.3) is 0 Å². The third-order valence-corrected chi connectivity index (χ3v) is 5.04. The number of fused-ring (bicyclic) bond motifs is 1. The summed E-state index contributed by atoms with van der Waals surface area (Å²) < 4.78 is 40.1. The molecule has 0 saturated carbocycles. The normalized spacial score (nSPS) is 15.7. The summed E-state index contributed by atoms with van der Waals surface area (Å²) in [5, 5.41) is 5.98. The lowest BCUT2D eigenvalue weighted by Crippen LogP contribution is -2.33. The molecule has 160 valence electrons. The van der Waals surface area contributed by atoms with Crippen LogP contribution in [-0.2, 0) is 23.6 Å². The van der Waals surface area contributed by atoms with E-state index in [4.69, 9.17) is 9.29 Å². The largest absolute Gasteiger partial charge is 0.487 e. The molecule has 0 unspecified atom stereocenters. The molecule has 1 aromatic carbocycles. The van der Waals surface area contributed by atoms with Crippen LogP contribution in [0.1, 0.15) is 21.6 Å². The van der Waals surface area contributed by atoms with E-state index in [0.717, 1.165) is 17.5 Å². The average Bonchev–Trinajstić information content (AvgIpc) is 3.04. The van der Waals surface area contributed by atoms with Crippen molar-refractivity contribution in [2.24, 2.45) is 5.10 Å². The van der Waals surface area contributed by atoms with Gasteiger partial charge in [0, 0.05) is 12.6 Å².